The average Bonchev–Trinajstić information content (AvgIpc) is 3.81. The van der Waals surface area contributed by atoms with Gasteiger partial charge in [0.15, 0.2) is 0 Å². The number of fused-ring (bicyclic) bond motifs is 1. The molecule has 3 aromatic carbocycles. The molecule has 0 unspecified atom stereocenters. The van der Waals surface area contributed by atoms with Gasteiger partial charge in [-0.25, -0.2) is 4.79 Å². The minimum absolute atomic E-state index is 0.0127. The molecule has 0 aliphatic heterocycles. The number of benzene rings is 3. The van der Waals surface area contributed by atoms with Gasteiger partial charge in [0.05, 0.1) is 12.6 Å². The minimum atomic E-state index is -1.35. The molecule has 418 valence electrons. The third-order valence-corrected chi connectivity index (χ3v) is 13.0. The summed E-state index contributed by atoms with van der Waals surface area (Å²) in [5.74, 6) is -7.68. The van der Waals surface area contributed by atoms with Gasteiger partial charge in [0.2, 0.25) is 47.3 Å². The van der Waals surface area contributed by atoms with Crippen LogP contribution in [0.4, 0.5) is 0 Å². The molecule has 4 aromatic rings. The zero-order valence-electron chi connectivity index (χ0n) is 44.7. The van der Waals surface area contributed by atoms with Crippen LogP contribution < -0.4 is 54.0 Å². The topological polar surface area (TPSA) is 358 Å². The van der Waals surface area contributed by atoms with Crippen molar-refractivity contribution in [1.29, 1.82) is 0 Å². The Kier molecular flexibility index (Phi) is 24.5. The summed E-state index contributed by atoms with van der Waals surface area (Å²) in [6, 6.07) is 12.7. The van der Waals surface area contributed by atoms with Crippen molar-refractivity contribution >= 4 is 64.1 Å². The molecule has 0 aliphatic carbocycles. The lowest BCUT2D eigenvalue weighted by atomic mass is 9.96. The summed E-state index contributed by atoms with van der Waals surface area (Å²) in [6.07, 6.45) is 3.27. The Morgan fingerprint density at radius 3 is 1.81 bits per heavy atom. The van der Waals surface area contributed by atoms with E-state index in [1.165, 1.54) is 38.1 Å². The SMILES string of the molecule is CC[C@H](C)[C@H](NC(=O)[C@H](CCCCN)NC(=O)[C@H](Cc1c[nH]c2ccccc12)NC(=O)[C@H](C)NC(=O)[C@H](C)NC(=O)[C@@H](N)Cc1ccccc1)C(=O)N[C@@H](CC(C)C)C(=O)NCC(=O)N[C@@H](Cc1ccc(O)cc1)C(=O)O. The van der Waals surface area contributed by atoms with E-state index in [0.29, 0.717) is 30.4 Å². The Bertz CT molecular complexity index is 2630. The van der Waals surface area contributed by atoms with E-state index in [-0.39, 0.29) is 50.3 Å². The Morgan fingerprint density at radius 2 is 1.17 bits per heavy atom. The molecule has 1 aromatic heterocycles. The molecule has 15 N–H and O–H groups in total. The summed E-state index contributed by atoms with van der Waals surface area (Å²) in [7, 11) is 0. The van der Waals surface area contributed by atoms with E-state index in [0.717, 1.165) is 16.5 Å². The third-order valence-electron chi connectivity index (χ3n) is 13.0. The molecule has 77 heavy (non-hydrogen) atoms. The number of rotatable bonds is 31. The summed E-state index contributed by atoms with van der Waals surface area (Å²) in [5, 5.41) is 41.2. The van der Waals surface area contributed by atoms with E-state index in [9.17, 15) is 53.4 Å². The maximum absolute atomic E-state index is 14.5. The lowest BCUT2D eigenvalue weighted by Crippen LogP contribution is -2.60. The number of aromatic hydroxyl groups is 1. The number of unbranched alkanes of at least 4 members (excludes halogenated alkanes) is 1. The predicted octanol–water partition coefficient (Wildman–Crippen LogP) is 1.08. The molecule has 0 fully saturated rings. The van der Waals surface area contributed by atoms with Crippen molar-refractivity contribution in [3.05, 3.63) is 102 Å². The summed E-state index contributed by atoms with van der Waals surface area (Å²) in [4.78, 5) is 125. The van der Waals surface area contributed by atoms with Crippen LogP contribution in [0.1, 0.15) is 90.3 Å². The highest BCUT2D eigenvalue weighted by Crippen LogP contribution is 2.20. The number of nitrogens with two attached hydrogens (primary N) is 2. The Labute approximate surface area is 448 Å². The molecule has 22 heteroatoms. The number of carboxylic acid groups (broad SMARTS) is 1. The number of carbonyl (C=O) groups excluding carboxylic acids is 8. The number of carboxylic acids is 1. The molecule has 0 saturated heterocycles. The normalized spacial score (nSPS) is 14.7. The van der Waals surface area contributed by atoms with Gasteiger partial charge in [0, 0.05) is 29.9 Å². The third kappa shape index (κ3) is 20.0. The van der Waals surface area contributed by atoms with E-state index in [4.69, 9.17) is 11.5 Å². The van der Waals surface area contributed by atoms with Crippen molar-refractivity contribution in [2.45, 2.75) is 141 Å². The van der Waals surface area contributed by atoms with Crippen molar-refractivity contribution in [2.75, 3.05) is 13.1 Å². The molecule has 0 saturated carbocycles. The number of aromatic nitrogens is 1. The van der Waals surface area contributed by atoms with Crippen molar-refractivity contribution in [3.8, 4) is 5.75 Å². The van der Waals surface area contributed by atoms with Crippen LogP contribution in [0.15, 0.2) is 85.1 Å². The molecular formula is C55H77N11O11. The maximum atomic E-state index is 14.5. The fourth-order valence-electron chi connectivity index (χ4n) is 8.33. The lowest BCUT2D eigenvalue weighted by molar-refractivity contribution is -0.141. The molecule has 8 amide bonds. The molecule has 1 heterocycles. The number of amides is 8. The van der Waals surface area contributed by atoms with Crippen LogP contribution in [0.2, 0.25) is 0 Å². The maximum Gasteiger partial charge on any atom is 0.326 e. The summed E-state index contributed by atoms with van der Waals surface area (Å²) in [5.41, 5.74) is 14.7. The number of H-pyrrole nitrogens is 1. The van der Waals surface area contributed by atoms with Gasteiger partial charge >= 0.3 is 5.97 Å². The zero-order chi connectivity index (χ0) is 56.8. The van der Waals surface area contributed by atoms with E-state index in [1.54, 1.807) is 20.0 Å². The van der Waals surface area contributed by atoms with Crippen molar-refractivity contribution < 1.29 is 53.4 Å². The highest BCUT2D eigenvalue weighted by atomic mass is 16.4. The number of hydrogen-bond acceptors (Lipinski definition) is 12. The number of para-hydroxylation sites is 1. The number of phenolic OH excluding ortho intramolecular Hbond substituents is 1. The molecule has 0 bridgehead atoms. The smallest absolute Gasteiger partial charge is 0.326 e. The van der Waals surface area contributed by atoms with Crippen molar-refractivity contribution in [1.82, 2.24) is 47.5 Å². The van der Waals surface area contributed by atoms with Crippen LogP contribution in [0.25, 0.3) is 10.9 Å². The zero-order valence-corrected chi connectivity index (χ0v) is 44.7. The summed E-state index contributed by atoms with van der Waals surface area (Å²) in [6.45, 7) is 9.71. The number of phenols is 1. The average molecular weight is 1070 g/mol. The first kappa shape index (κ1) is 61.7. The predicted molar refractivity (Wildman–Crippen MR) is 289 cm³/mol. The second-order valence-electron chi connectivity index (χ2n) is 19.8. The molecule has 4 rings (SSSR count). The van der Waals surface area contributed by atoms with Crippen molar-refractivity contribution in [3.63, 3.8) is 0 Å². The second kappa shape index (κ2) is 30.6. The van der Waals surface area contributed by atoms with Crippen LogP contribution >= 0.6 is 0 Å². The van der Waals surface area contributed by atoms with E-state index < -0.39 is 114 Å². The van der Waals surface area contributed by atoms with Gasteiger partial charge in [-0.1, -0.05) is 94.8 Å². The van der Waals surface area contributed by atoms with Crippen LogP contribution in [-0.4, -0.2) is 130 Å². The Morgan fingerprint density at radius 1 is 0.584 bits per heavy atom. The fraction of sp³-hybridized carbons (Fsp3) is 0.473. The number of carbonyl (C=O) groups is 9. The Hall–Kier alpha value is -7.85. The first-order valence-corrected chi connectivity index (χ1v) is 26.0. The molecule has 0 aliphatic rings. The summed E-state index contributed by atoms with van der Waals surface area (Å²) < 4.78 is 0. The number of aliphatic carboxylic acids is 1. The van der Waals surface area contributed by atoms with Gasteiger partial charge in [-0.15, -0.1) is 0 Å². The molecule has 0 spiro atoms. The first-order chi connectivity index (χ1) is 36.6. The highest BCUT2D eigenvalue weighted by Gasteiger charge is 2.35. The largest absolute Gasteiger partial charge is 0.508 e. The second-order valence-corrected chi connectivity index (χ2v) is 19.8. The Balaban J connectivity index is 1.48. The van der Waals surface area contributed by atoms with Crippen LogP contribution in [0.5, 0.6) is 5.75 Å². The first-order valence-electron chi connectivity index (χ1n) is 26.0. The van der Waals surface area contributed by atoms with Crippen LogP contribution in [-0.2, 0) is 62.4 Å². The van der Waals surface area contributed by atoms with Gasteiger partial charge in [-0.2, -0.15) is 0 Å². The van der Waals surface area contributed by atoms with Crippen LogP contribution in [0, 0.1) is 11.8 Å². The minimum Gasteiger partial charge on any atom is -0.508 e. The summed E-state index contributed by atoms with van der Waals surface area (Å²) >= 11 is 0. The molecule has 9 atom stereocenters. The van der Waals surface area contributed by atoms with Gasteiger partial charge < -0.3 is 69.2 Å². The number of nitrogens with one attached hydrogen (secondary N) is 9. The van der Waals surface area contributed by atoms with Crippen LogP contribution in [0.3, 0.4) is 0 Å². The quantitative estimate of drug-likeness (QED) is 0.0314. The lowest BCUT2D eigenvalue weighted by Gasteiger charge is -2.29. The van der Waals surface area contributed by atoms with Gasteiger partial charge in [0.25, 0.3) is 0 Å². The molecular weight excluding hydrogens is 991 g/mol. The van der Waals surface area contributed by atoms with Gasteiger partial charge in [-0.05, 0) is 99.2 Å². The van der Waals surface area contributed by atoms with Gasteiger partial charge in [-0.3, -0.25) is 38.4 Å². The number of aromatic amines is 1. The van der Waals surface area contributed by atoms with Gasteiger partial charge in [0.1, 0.15) is 48.0 Å². The van der Waals surface area contributed by atoms with Crippen molar-refractivity contribution in [2.24, 2.45) is 23.3 Å². The molecule has 22 nitrogen and oxygen atoms in total. The molecule has 0 radical (unpaired) electrons. The standard InChI is InChI=1S/C55H77N11O11/c1-7-32(4)47(54(75)65-43(25-31(2)3)51(72)59-30-46(68)62-45(55(76)77)27-36-20-22-38(67)23-21-36)66-52(73)42(19-13-14-24-56)63-53(74)44(28-37-29-58-41-18-12-11-17-39(37)41)64-49(70)34(6)60-48(69)33(5)61-50(71)40(57)26-35-15-9-8-10-16-35/h8-12,15-18,20-23,29,31-34,40,42-45,47,58,67H,7,13-14,19,24-28,30,56-57H2,1-6H3,(H,59,72)(H,60,69)(H,61,71)(H,62,68)(H,63,74)(H,64,70)(H,65,75)(H,66,73)(H,76,77)/t32-,33-,34-,40-,42-,43-,44-,45-,47-/m0/s1. The van der Waals surface area contributed by atoms with E-state index >= 15 is 0 Å². The monoisotopic (exact) mass is 1070 g/mol. The van der Waals surface area contributed by atoms with E-state index in [1.807, 2.05) is 68.4 Å². The number of hydrogen-bond donors (Lipinski definition) is 13. The fourth-order valence-corrected chi connectivity index (χ4v) is 8.33. The highest BCUT2D eigenvalue weighted by molar-refractivity contribution is 5.98. The van der Waals surface area contributed by atoms with E-state index in [2.05, 4.69) is 47.5 Å².